The number of fused-ring (bicyclic) bond motifs is 1. The maximum absolute atomic E-state index is 11.3. The van der Waals surface area contributed by atoms with Crippen LogP contribution < -0.4 is 5.73 Å². The third kappa shape index (κ3) is 3.09. The van der Waals surface area contributed by atoms with Gasteiger partial charge in [0.15, 0.2) is 0 Å². The maximum Gasteiger partial charge on any atom is 0.219 e. The van der Waals surface area contributed by atoms with Gasteiger partial charge in [-0.3, -0.25) is 4.79 Å². The molecular formula is C14H17ClIN3O. The van der Waals surface area contributed by atoms with E-state index in [-0.39, 0.29) is 12.3 Å². The van der Waals surface area contributed by atoms with Gasteiger partial charge in [-0.15, -0.1) is 11.6 Å². The van der Waals surface area contributed by atoms with Crippen molar-refractivity contribution < 1.29 is 4.79 Å². The fourth-order valence-corrected chi connectivity index (χ4v) is 3.18. The summed E-state index contributed by atoms with van der Waals surface area (Å²) in [6.07, 6.45) is 0.925. The van der Waals surface area contributed by atoms with Gasteiger partial charge in [-0.1, -0.05) is 0 Å². The molecule has 0 saturated heterocycles. The number of halogens is 2. The van der Waals surface area contributed by atoms with Crippen molar-refractivity contribution in [2.45, 2.75) is 32.2 Å². The molecule has 0 aliphatic heterocycles. The number of hydrogen-bond acceptors (Lipinski definition) is 2. The molecule has 0 radical (unpaired) electrons. The molecule has 0 unspecified atom stereocenters. The lowest BCUT2D eigenvalue weighted by Crippen LogP contribution is -2.33. The van der Waals surface area contributed by atoms with E-state index in [1.54, 1.807) is 0 Å². The highest BCUT2D eigenvalue weighted by Gasteiger charge is 2.27. The van der Waals surface area contributed by atoms with Gasteiger partial charge in [-0.05, 0) is 54.6 Å². The molecule has 1 aromatic carbocycles. The molecule has 1 aromatic heterocycles. The number of aromatic nitrogens is 2. The second-order valence-corrected chi connectivity index (χ2v) is 7.01. The molecule has 0 saturated carbocycles. The summed E-state index contributed by atoms with van der Waals surface area (Å²) in [6.45, 7) is 3.99. The van der Waals surface area contributed by atoms with Crippen molar-refractivity contribution in [2.75, 3.05) is 5.88 Å². The van der Waals surface area contributed by atoms with E-state index < -0.39 is 5.54 Å². The van der Waals surface area contributed by atoms with Crippen LogP contribution in [-0.4, -0.2) is 21.3 Å². The number of carbonyl (C=O) groups is 1. The van der Waals surface area contributed by atoms with Crippen molar-refractivity contribution in [1.82, 2.24) is 9.55 Å². The van der Waals surface area contributed by atoms with E-state index in [1.165, 1.54) is 0 Å². The van der Waals surface area contributed by atoms with Gasteiger partial charge in [0.1, 0.15) is 5.82 Å². The summed E-state index contributed by atoms with van der Waals surface area (Å²) in [5.74, 6) is 1.06. The van der Waals surface area contributed by atoms with Crippen LogP contribution in [0.1, 0.15) is 26.1 Å². The first-order valence-corrected chi connectivity index (χ1v) is 7.98. The number of nitrogens with zero attached hydrogens (tertiary/aromatic N) is 2. The van der Waals surface area contributed by atoms with Gasteiger partial charge in [0.2, 0.25) is 5.91 Å². The third-order valence-electron chi connectivity index (χ3n) is 3.22. The molecule has 2 rings (SSSR count). The zero-order valence-corrected chi connectivity index (χ0v) is 14.4. The van der Waals surface area contributed by atoms with Gasteiger partial charge in [0.05, 0.1) is 11.0 Å². The highest BCUT2D eigenvalue weighted by Crippen LogP contribution is 2.29. The molecule has 0 atom stereocenters. The second-order valence-electron chi connectivity index (χ2n) is 5.39. The summed E-state index contributed by atoms with van der Waals surface area (Å²) in [7, 11) is 0. The van der Waals surface area contributed by atoms with E-state index in [9.17, 15) is 4.79 Å². The number of benzene rings is 1. The second kappa shape index (κ2) is 5.89. The lowest BCUT2D eigenvalue weighted by molar-refractivity contribution is -0.119. The SMILES string of the molecule is CC(C)(CC(N)=O)n1c(CCCl)nc2cc(I)ccc21. The van der Waals surface area contributed by atoms with Crippen molar-refractivity contribution in [3.05, 3.63) is 27.6 Å². The molecule has 20 heavy (non-hydrogen) atoms. The van der Waals surface area contributed by atoms with Crippen LogP contribution in [0.3, 0.4) is 0 Å². The van der Waals surface area contributed by atoms with Crippen LogP contribution in [0.25, 0.3) is 11.0 Å². The Morgan fingerprint density at radius 3 is 2.80 bits per heavy atom. The van der Waals surface area contributed by atoms with Crippen molar-refractivity contribution in [3.63, 3.8) is 0 Å². The molecular weight excluding hydrogens is 389 g/mol. The number of imidazole rings is 1. The molecule has 0 spiro atoms. The number of alkyl halides is 1. The van der Waals surface area contributed by atoms with E-state index in [2.05, 4.69) is 32.1 Å². The largest absolute Gasteiger partial charge is 0.370 e. The highest BCUT2D eigenvalue weighted by atomic mass is 127. The molecule has 0 bridgehead atoms. The van der Waals surface area contributed by atoms with Gasteiger partial charge in [-0.2, -0.15) is 0 Å². The fraction of sp³-hybridized carbons (Fsp3) is 0.429. The normalized spacial score (nSPS) is 12.0. The van der Waals surface area contributed by atoms with Crippen LogP contribution in [0.4, 0.5) is 0 Å². The minimum Gasteiger partial charge on any atom is -0.370 e. The van der Waals surface area contributed by atoms with E-state index in [0.717, 1.165) is 20.4 Å². The van der Waals surface area contributed by atoms with Gasteiger partial charge < -0.3 is 10.3 Å². The summed E-state index contributed by atoms with van der Waals surface area (Å²) < 4.78 is 3.22. The Labute approximate surface area is 136 Å². The molecule has 0 aliphatic carbocycles. The number of aryl methyl sites for hydroxylation is 1. The smallest absolute Gasteiger partial charge is 0.219 e. The average molecular weight is 406 g/mol. The summed E-state index contributed by atoms with van der Waals surface area (Å²) >= 11 is 8.14. The number of amides is 1. The zero-order chi connectivity index (χ0) is 14.9. The third-order valence-corrected chi connectivity index (χ3v) is 4.08. The standard InChI is InChI=1S/C14H17ClIN3O/c1-14(2,8-12(17)20)19-11-4-3-9(16)7-10(11)18-13(19)5-6-15/h3-4,7H,5-6,8H2,1-2H3,(H2,17,20). The summed E-state index contributed by atoms with van der Waals surface area (Å²) in [4.78, 5) is 16.0. The van der Waals surface area contributed by atoms with Crippen LogP contribution in [0.5, 0.6) is 0 Å². The number of rotatable bonds is 5. The number of nitrogens with two attached hydrogens (primary N) is 1. The summed E-state index contributed by atoms with van der Waals surface area (Å²) in [5, 5.41) is 0. The van der Waals surface area contributed by atoms with Crippen LogP contribution in [0.2, 0.25) is 0 Å². The number of primary amides is 1. The lowest BCUT2D eigenvalue weighted by atomic mass is 9.99. The lowest BCUT2D eigenvalue weighted by Gasteiger charge is -2.28. The molecule has 6 heteroatoms. The van der Waals surface area contributed by atoms with Crippen molar-refractivity contribution in [1.29, 1.82) is 0 Å². The van der Waals surface area contributed by atoms with Gasteiger partial charge in [0.25, 0.3) is 0 Å². The van der Waals surface area contributed by atoms with E-state index in [1.807, 2.05) is 32.0 Å². The van der Waals surface area contributed by atoms with E-state index in [4.69, 9.17) is 17.3 Å². The molecule has 1 amide bonds. The maximum atomic E-state index is 11.3. The Bertz CT molecular complexity index is 651. The molecule has 0 aliphatic rings. The van der Waals surface area contributed by atoms with E-state index in [0.29, 0.717) is 12.3 Å². The number of hydrogen-bond donors (Lipinski definition) is 1. The minimum absolute atomic E-state index is 0.264. The Morgan fingerprint density at radius 1 is 1.50 bits per heavy atom. The van der Waals surface area contributed by atoms with E-state index >= 15 is 0 Å². The topological polar surface area (TPSA) is 60.9 Å². The first-order chi connectivity index (χ1) is 9.35. The molecule has 2 N–H and O–H groups in total. The highest BCUT2D eigenvalue weighted by molar-refractivity contribution is 14.1. The summed E-state index contributed by atoms with van der Waals surface area (Å²) in [5.41, 5.74) is 6.89. The van der Waals surface area contributed by atoms with Crippen LogP contribution in [-0.2, 0) is 16.8 Å². The predicted molar refractivity (Wildman–Crippen MR) is 90.0 cm³/mol. The molecule has 4 nitrogen and oxygen atoms in total. The Kier molecular flexibility index (Phi) is 4.59. The monoisotopic (exact) mass is 405 g/mol. The molecule has 0 fully saturated rings. The Morgan fingerprint density at radius 2 is 2.20 bits per heavy atom. The molecule has 108 valence electrons. The Hall–Kier alpha value is -0.820. The summed E-state index contributed by atoms with van der Waals surface area (Å²) in [6, 6.07) is 6.10. The van der Waals surface area contributed by atoms with Gasteiger partial charge >= 0.3 is 0 Å². The molecule has 2 aromatic rings. The van der Waals surface area contributed by atoms with Crippen LogP contribution >= 0.6 is 34.2 Å². The predicted octanol–water partition coefficient (Wildman–Crippen LogP) is 3.03. The van der Waals surface area contributed by atoms with Crippen molar-refractivity contribution >= 4 is 51.1 Å². The zero-order valence-electron chi connectivity index (χ0n) is 11.5. The van der Waals surface area contributed by atoms with Gasteiger partial charge in [-0.25, -0.2) is 4.98 Å². The van der Waals surface area contributed by atoms with Crippen molar-refractivity contribution in [3.8, 4) is 0 Å². The van der Waals surface area contributed by atoms with Crippen molar-refractivity contribution in [2.24, 2.45) is 5.73 Å². The minimum atomic E-state index is -0.422. The fourth-order valence-electron chi connectivity index (χ4n) is 2.54. The quantitative estimate of drug-likeness (QED) is 0.614. The van der Waals surface area contributed by atoms with Crippen LogP contribution in [0, 0.1) is 3.57 Å². The Balaban J connectivity index is 2.64. The first kappa shape index (κ1) is 15.6. The molecule has 1 heterocycles. The number of carbonyl (C=O) groups excluding carboxylic acids is 1. The first-order valence-electron chi connectivity index (χ1n) is 6.37. The van der Waals surface area contributed by atoms with Gasteiger partial charge in [0, 0.05) is 27.8 Å². The van der Waals surface area contributed by atoms with Crippen LogP contribution in [0.15, 0.2) is 18.2 Å². The average Bonchev–Trinajstić information content (AvgIpc) is 2.65.